The van der Waals surface area contributed by atoms with Crippen LogP contribution in [0.5, 0.6) is 5.75 Å². The molecule has 0 spiro atoms. The first-order valence-corrected chi connectivity index (χ1v) is 11.7. The molecule has 1 amide bonds. The number of anilines is 1. The van der Waals surface area contributed by atoms with Crippen LogP contribution in [0.4, 0.5) is 10.1 Å². The van der Waals surface area contributed by atoms with E-state index in [2.05, 4.69) is 21.2 Å². The summed E-state index contributed by atoms with van der Waals surface area (Å²) in [6.07, 6.45) is 0. The first-order chi connectivity index (χ1) is 15.0. The van der Waals surface area contributed by atoms with Gasteiger partial charge in [0.25, 0.3) is 5.91 Å². The number of amides is 1. The number of fused-ring (bicyclic) bond motifs is 1. The van der Waals surface area contributed by atoms with Crippen molar-refractivity contribution in [2.75, 3.05) is 50.8 Å². The Kier molecular flexibility index (Phi) is 6.64. The van der Waals surface area contributed by atoms with Gasteiger partial charge in [-0.15, -0.1) is 0 Å². The molecular weight excluding hydrogens is 438 g/mol. The van der Waals surface area contributed by atoms with Crippen molar-refractivity contribution in [1.29, 1.82) is 0 Å². The lowest BCUT2D eigenvalue weighted by Gasteiger charge is -2.34. The zero-order chi connectivity index (χ0) is 21.8. The number of nitrogens with zero attached hydrogens (tertiary/aromatic N) is 4. The normalized spacial score (nSPS) is 14.7. The molecule has 3 aromatic rings. The molecule has 0 saturated carbocycles. The van der Waals surface area contributed by atoms with Gasteiger partial charge in [0.05, 0.1) is 21.1 Å². The number of thiazole rings is 1. The second-order valence-electron chi connectivity index (χ2n) is 7.01. The third kappa shape index (κ3) is 4.94. The number of ether oxygens (including phenoxy) is 1. The molecule has 1 saturated heterocycles. The largest absolute Gasteiger partial charge is 0.492 e. The van der Waals surface area contributed by atoms with E-state index in [0.717, 1.165) is 65.2 Å². The third-order valence-corrected chi connectivity index (χ3v) is 7.14. The van der Waals surface area contributed by atoms with Gasteiger partial charge in [-0.3, -0.25) is 19.8 Å². The van der Waals surface area contributed by atoms with Crippen LogP contribution >= 0.6 is 22.7 Å². The fourth-order valence-electron chi connectivity index (χ4n) is 3.44. The number of aromatic nitrogens is 1. The van der Waals surface area contributed by atoms with Crippen molar-refractivity contribution >= 4 is 48.9 Å². The minimum absolute atomic E-state index is 0.0236. The molecule has 164 valence electrons. The van der Waals surface area contributed by atoms with Crippen LogP contribution in [0.3, 0.4) is 0 Å². The van der Waals surface area contributed by atoms with Gasteiger partial charge in [0, 0.05) is 45.3 Å². The summed E-state index contributed by atoms with van der Waals surface area (Å²) in [7, 11) is 0. The average Bonchev–Trinajstić information content (AvgIpc) is 3.43. The van der Waals surface area contributed by atoms with Crippen LogP contribution in [0.1, 0.15) is 16.6 Å². The number of carbonyl (C=O) groups is 1. The highest BCUT2D eigenvalue weighted by atomic mass is 32.1. The first kappa shape index (κ1) is 21.5. The summed E-state index contributed by atoms with van der Waals surface area (Å²) < 4.78 is 6.82. The Bertz CT molecular complexity index is 1070. The van der Waals surface area contributed by atoms with Gasteiger partial charge in [-0.05, 0) is 25.1 Å². The number of hydrogen-bond donors (Lipinski definition) is 1. The van der Waals surface area contributed by atoms with Crippen LogP contribution in [-0.2, 0) is 0 Å². The minimum atomic E-state index is -0.482. The molecule has 11 heteroatoms. The van der Waals surface area contributed by atoms with Crippen LogP contribution in [0.2, 0.25) is 0 Å². The Hall–Kier alpha value is -2.76. The maximum absolute atomic E-state index is 12.2. The smallest absolute Gasteiger partial charge is 0.324 e. The number of para-hydroxylation sites is 1. The molecule has 1 aliphatic rings. The molecule has 9 nitrogen and oxygen atoms in total. The molecule has 4 rings (SSSR count). The summed E-state index contributed by atoms with van der Waals surface area (Å²) in [6.45, 7) is 7.33. The Morgan fingerprint density at radius 1 is 1.23 bits per heavy atom. The first-order valence-electron chi connectivity index (χ1n) is 10.1. The Morgan fingerprint density at radius 2 is 2.03 bits per heavy atom. The number of carbonyl (C=O) groups excluding carboxylic acids is 1. The molecule has 1 aromatic carbocycles. The van der Waals surface area contributed by atoms with Crippen molar-refractivity contribution in [3.63, 3.8) is 0 Å². The van der Waals surface area contributed by atoms with E-state index in [1.165, 1.54) is 12.1 Å². The van der Waals surface area contributed by atoms with E-state index in [1.807, 2.05) is 19.1 Å². The number of hydrogen-bond acceptors (Lipinski definition) is 9. The minimum Gasteiger partial charge on any atom is -0.492 e. The predicted molar refractivity (Wildman–Crippen MR) is 123 cm³/mol. The van der Waals surface area contributed by atoms with E-state index >= 15 is 0 Å². The molecule has 0 atom stereocenters. The Labute approximate surface area is 187 Å². The Morgan fingerprint density at radius 3 is 2.74 bits per heavy atom. The molecule has 0 radical (unpaired) electrons. The van der Waals surface area contributed by atoms with Gasteiger partial charge in [-0.2, -0.15) is 0 Å². The highest BCUT2D eigenvalue weighted by Gasteiger charge is 2.21. The summed E-state index contributed by atoms with van der Waals surface area (Å²) in [4.78, 5) is 32.2. The van der Waals surface area contributed by atoms with E-state index in [4.69, 9.17) is 9.72 Å². The van der Waals surface area contributed by atoms with Gasteiger partial charge >= 0.3 is 5.00 Å². The second-order valence-corrected chi connectivity index (χ2v) is 9.08. The van der Waals surface area contributed by atoms with Crippen molar-refractivity contribution < 1.29 is 14.5 Å². The van der Waals surface area contributed by atoms with Crippen LogP contribution in [-0.4, -0.2) is 66.6 Å². The second kappa shape index (κ2) is 9.58. The van der Waals surface area contributed by atoms with E-state index in [-0.39, 0.29) is 10.9 Å². The van der Waals surface area contributed by atoms with Gasteiger partial charge in [-0.1, -0.05) is 28.7 Å². The van der Waals surface area contributed by atoms with Gasteiger partial charge in [-0.25, -0.2) is 4.98 Å². The van der Waals surface area contributed by atoms with Crippen molar-refractivity contribution in [3.05, 3.63) is 45.3 Å². The average molecular weight is 462 g/mol. The van der Waals surface area contributed by atoms with Crippen molar-refractivity contribution in [3.8, 4) is 5.75 Å². The number of benzene rings is 1. The molecule has 1 N–H and O–H groups in total. The highest BCUT2D eigenvalue weighted by molar-refractivity contribution is 7.22. The van der Waals surface area contributed by atoms with Crippen LogP contribution in [0.15, 0.2) is 30.3 Å². The molecule has 1 aliphatic heterocycles. The molecule has 1 fully saturated rings. The van der Waals surface area contributed by atoms with E-state index in [1.54, 1.807) is 11.3 Å². The maximum atomic E-state index is 12.2. The van der Waals surface area contributed by atoms with Crippen molar-refractivity contribution in [2.45, 2.75) is 6.92 Å². The van der Waals surface area contributed by atoms with Gasteiger partial charge in [0.1, 0.15) is 11.3 Å². The highest BCUT2D eigenvalue weighted by Crippen LogP contribution is 2.34. The molecule has 31 heavy (non-hydrogen) atoms. The summed E-state index contributed by atoms with van der Waals surface area (Å²) in [5, 5.41) is 14.6. The lowest BCUT2D eigenvalue weighted by atomic mass is 10.3. The van der Waals surface area contributed by atoms with Gasteiger partial charge in [0.2, 0.25) is 0 Å². The molecule has 2 aromatic heterocycles. The molecule has 3 heterocycles. The zero-order valence-electron chi connectivity index (χ0n) is 17.1. The SMILES string of the molecule is CCOc1cccc2sc(N3CCN(CCNC(=O)c4ccc([N+](=O)[O-])s4)CC3)nc12. The quantitative estimate of drug-likeness (QED) is 0.406. The van der Waals surface area contributed by atoms with Crippen LogP contribution in [0, 0.1) is 10.1 Å². The topological polar surface area (TPSA) is 101 Å². The van der Waals surface area contributed by atoms with Crippen molar-refractivity contribution in [2.24, 2.45) is 0 Å². The summed E-state index contributed by atoms with van der Waals surface area (Å²) in [6, 6.07) is 8.87. The van der Waals surface area contributed by atoms with Crippen LogP contribution in [0.25, 0.3) is 10.2 Å². The number of rotatable bonds is 8. The molecule has 0 unspecified atom stereocenters. The van der Waals surface area contributed by atoms with E-state index in [0.29, 0.717) is 18.0 Å². The standard InChI is InChI=1S/C20H23N5O4S2/c1-2-29-14-4-3-5-15-18(14)22-20(31-15)24-12-10-23(11-13-24)9-8-21-19(26)16-6-7-17(30-16)25(27)28/h3-7H,2,8-13H2,1H3,(H,21,26). The lowest BCUT2D eigenvalue weighted by molar-refractivity contribution is -0.380. The summed E-state index contributed by atoms with van der Waals surface area (Å²) >= 11 is 2.57. The predicted octanol–water partition coefficient (Wildman–Crippen LogP) is 3.22. The number of nitrogens with one attached hydrogen (secondary N) is 1. The summed E-state index contributed by atoms with van der Waals surface area (Å²) in [5.74, 6) is 0.560. The number of piperazine rings is 1. The van der Waals surface area contributed by atoms with Crippen LogP contribution < -0.4 is 15.0 Å². The van der Waals surface area contributed by atoms with Gasteiger partial charge < -0.3 is 15.0 Å². The van der Waals surface area contributed by atoms with Crippen molar-refractivity contribution in [1.82, 2.24) is 15.2 Å². The fourth-order valence-corrected chi connectivity index (χ4v) is 5.22. The fraction of sp³-hybridized carbons (Fsp3) is 0.400. The zero-order valence-corrected chi connectivity index (χ0v) is 18.7. The molecular formula is C20H23N5O4S2. The van der Waals surface area contributed by atoms with Gasteiger partial charge in [0.15, 0.2) is 5.13 Å². The van der Waals surface area contributed by atoms with E-state index < -0.39 is 4.92 Å². The number of nitro groups is 1. The van der Waals surface area contributed by atoms with E-state index in [9.17, 15) is 14.9 Å². The maximum Gasteiger partial charge on any atom is 0.324 e. The monoisotopic (exact) mass is 461 g/mol. The Balaban J connectivity index is 1.26. The number of thiophene rings is 1. The molecule has 0 aliphatic carbocycles. The lowest BCUT2D eigenvalue weighted by Crippen LogP contribution is -2.48. The molecule has 0 bridgehead atoms. The summed E-state index contributed by atoms with van der Waals surface area (Å²) in [5.41, 5.74) is 0.920. The third-order valence-electron chi connectivity index (χ3n) is 5.02.